The lowest BCUT2D eigenvalue weighted by molar-refractivity contribution is -0.121. The van der Waals surface area contributed by atoms with Crippen molar-refractivity contribution in [2.24, 2.45) is 5.41 Å². The molecule has 0 aliphatic carbocycles. The van der Waals surface area contributed by atoms with Crippen molar-refractivity contribution in [3.8, 4) is 0 Å². The normalized spacial score (nSPS) is 12.8. The van der Waals surface area contributed by atoms with E-state index in [0.717, 1.165) is 12.1 Å². The van der Waals surface area contributed by atoms with E-state index in [9.17, 15) is 23.5 Å². The Labute approximate surface area is 128 Å². The molecule has 1 aromatic rings. The molecule has 4 nitrogen and oxygen atoms in total. The molecule has 0 aliphatic rings. The van der Waals surface area contributed by atoms with Gasteiger partial charge in [0.05, 0.1) is 11.7 Å². The van der Waals surface area contributed by atoms with Crippen molar-refractivity contribution in [2.45, 2.75) is 39.7 Å². The highest BCUT2D eigenvalue weighted by molar-refractivity contribution is 5.98. The van der Waals surface area contributed by atoms with Crippen LogP contribution >= 0.6 is 0 Å². The summed E-state index contributed by atoms with van der Waals surface area (Å²) in [6.45, 7) is 5.60. The average Bonchev–Trinajstić information content (AvgIpc) is 2.41. The summed E-state index contributed by atoms with van der Waals surface area (Å²) in [6.07, 6.45) is -1.01. The molecule has 0 saturated carbocycles. The first-order chi connectivity index (χ1) is 10.1. The van der Waals surface area contributed by atoms with Crippen LogP contribution in [0.3, 0.4) is 0 Å². The smallest absolute Gasteiger partial charge is 0.220 e. The summed E-state index contributed by atoms with van der Waals surface area (Å²) >= 11 is 0. The van der Waals surface area contributed by atoms with Gasteiger partial charge in [-0.2, -0.15) is 0 Å². The second kappa shape index (κ2) is 7.45. The topological polar surface area (TPSA) is 66.4 Å². The minimum atomic E-state index is -0.937. The third kappa shape index (κ3) is 5.52. The summed E-state index contributed by atoms with van der Waals surface area (Å²) in [5.41, 5.74) is -0.593. The van der Waals surface area contributed by atoms with E-state index < -0.39 is 29.4 Å². The Kier molecular flexibility index (Phi) is 6.17. The van der Waals surface area contributed by atoms with Gasteiger partial charge in [0.2, 0.25) is 5.91 Å². The molecule has 0 saturated heterocycles. The van der Waals surface area contributed by atoms with E-state index in [4.69, 9.17) is 0 Å². The van der Waals surface area contributed by atoms with Crippen LogP contribution < -0.4 is 5.32 Å². The second-order valence-corrected chi connectivity index (χ2v) is 6.23. The highest BCUT2D eigenvalue weighted by Crippen LogP contribution is 2.18. The number of ketones is 1. The number of amides is 1. The van der Waals surface area contributed by atoms with E-state index in [1.165, 1.54) is 0 Å². The van der Waals surface area contributed by atoms with Crippen LogP contribution in [-0.2, 0) is 4.79 Å². The van der Waals surface area contributed by atoms with Crippen molar-refractivity contribution in [2.75, 3.05) is 6.54 Å². The summed E-state index contributed by atoms with van der Waals surface area (Å²) in [4.78, 5) is 23.4. The lowest BCUT2D eigenvalue weighted by atomic mass is 9.89. The molecule has 2 N–H and O–H groups in total. The Hall–Kier alpha value is -1.82. The number of nitrogens with one attached hydrogen (secondary N) is 1. The average molecular weight is 313 g/mol. The Morgan fingerprint density at radius 3 is 2.41 bits per heavy atom. The maximum absolute atomic E-state index is 13.4. The van der Waals surface area contributed by atoms with Crippen LogP contribution in [0.15, 0.2) is 18.2 Å². The van der Waals surface area contributed by atoms with Crippen LogP contribution in [0, 0.1) is 17.0 Å². The molecule has 1 rings (SSSR count). The Balaban J connectivity index is 2.45. The van der Waals surface area contributed by atoms with Crippen LogP contribution in [0.4, 0.5) is 8.78 Å². The molecular formula is C16H21F2NO3. The molecule has 1 atom stereocenters. The fraction of sp³-hybridized carbons (Fsp3) is 0.500. The molecule has 22 heavy (non-hydrogen) atoms. The van der Waals surface area contributed by atoms with Gasteiger partial charge in [0, 0.05) is 25.5 Å². The van der Waals surface area contributed by atoms with Gasteiger partial charge in [-0.05, 0) is 17.5 Å². The lowest BCUT2D eigenvalue weighted by Crippen LogP contribution is -2.39. The SMILES string of the molecule is CC(C)(C)C(O)CNC(=O)CCC(=O)c1ccc(F)cc1F. The van der Waals surface area contributed by atoms with E-state index in [1.807, 2.05) is 20.8 Å². The fourth-order valence-electron chi connectivity index (χ4n) is 1.68. The Bertz CT molecular complexity index is 553. The van der Waals surface area contributed by atoms with Crippen LogP contribution in [0.2, 0.25) is 0 Å². The van der Waals surface area contributed by atoms with Gasteiger partial charge in [-0.15, -0.1) is 0 Å². The number of hydrogen-bond acceptors (Lipinski definition) is 3. The summed E-state index contributed by atoms with van der Waals surface area (Å²) < 4.78 is 26.2. The first kappa shape index (κ1) is 18.2. The summed E-state index contributed by atoms with van der Waals surface area (Å²) in [6, 6.07) is 2.69. The molecule has 0 aromatic heterocycles. The Morgan fingerprint density at radius 2 is 1.86 bits per heavy atom. The highest BCUT2D eigenvalue weighted by Gasteiger charge is 2.22. The minimum absolute atomic E-state index is 0.0848. The maximum atomic E-state index is 13.4. The molecule has 0 aliphatic heterocycles. The van der Waals surface area contributed by atoms with Crippen molar-refractivity contribution >= 4 is 11.7 Å². The Morgan fingerprint density at radius 1 is 1.23 bits per heavy atom. The number of carbonyl (C=O) groups excluding carboxylic acids is 2. The van der Waals surface area contributed by atoms with Crippen LogP contribution in [0.25, 0.3) is 0 Å². The number of rotatable bonds is 6. The summed E-state index contributed by atoms with van der Waals surface area (Å²) in [7, 11) is 0. The predicted molar refractivity (Wildman–Crippen MR) is 78.4 cm³/mol. The number of carbonyl (C=O) groups is 2. The number of halogens is 2. The predicted octanol–water partition coefficient (Wildman–Crippen LogP) is 2.45. The maximum Gasteiger partial charge on any atom is 0.220 e. The van der Waals surface area contributed by atoms with Crippen LogP contribution in [0.5, 0.6) is 0 Å². The van der Waals surface area contributed by atoms with E-state index in [-0.39, 0.29) is 30.4 Å². The summed E-state index contributed by atoms with van der Waals surface area (Å²) in [5, 5.41) is 12.3. The van der Waals surface area contributed by atoms with Crippen molar-refractivity contribution in [1.29, 1.82) is 0 Å². The molecule has 122 valence electrons. The van der Waals surface area contributed by atoms with Gasteiger partial charge in [0.15, 0.2) is 5.78 Å². The molecule has 1 aromatic carbocycles. The molecule has 1 amide bonds. The molecule has 6 heteroatoms. The van der Waals surface area contributed by atoms with E-state index in [2.05, 4.69) is 5.32 Å². The zero-order valence-electron chi connectivity index (χ0n) is 13.0. The van der Waals surface area contributed by atoms with E-state index in [1.54, 1.807) is 0 Å². The monoisotopic (exact) mass is 313 g/mol. The molecule has 0 heterocycles. The standard InChI is InChI=1S/C16H21F2NO3/c1-16(2,3)14(21)9-19-15(22)7-6-13(20)11-5-4-10(17)8-12(11)18/h4-5,8,14,21H,6-7,9H2,1-3H3,(H,19,22). The first-order valence-corrected chi connectivity index (χ1v) is 7.04. The van der Waals surface area contributed by atoms with E-state index >= 15 is 0 Å². The van der Waals surface area contributed by atoms with Gasteiger partial charge in [0.1, 0.15) is 11.6 Å². The molecule has 0 spiro atoms. The van der Waals surface area contributed by atoms with E-state index in [0.29, 0.717) is 6.07 Å². The van der Waals surface area contributed by atoms with Crippen LogP contribution in [0.1, 0.15) is 44.0 Å². The zero-order valence-corrected chi connectivity index (χ0v) is 13.0. The number of benzene rings is 1. The molecule has 0 fully saturated rings. The first-order valence-electron chi connectivity index (χ1n) is 7.04. The number of Topliss-reactive ketones (excluding diaryl/α,β-unsaturated/α-hetero) is 1. The molecule has 0 bridgehead atoms. The van der Waals surface area contributed by atoms with Crippen molar-refractivity contribution < 1.29 is 23.5 Å². The molecule has 1 unspecified atom stereocenters. The van der Waals surface area contributed by atoms with Crippen molar-refractivity contribution in [1.82, 2.24) is 5.32 Å². The van der Waals surface area contributed by atoms with Gasteiger partial charge in [-0.1, -0.05) is 20.8 Å². The quantitative estimate of drug-likeness (QED) is 0.793. The van der Waals surface area contributed by atoms with Gasteiger partial charge in [0.25, 0.3) is 0 Å². The second-order valence-electron chi connectivity index (χ2n) is 6.23. The fourth-order valence-corrected chi connectivity index (χ4v) is 1.68. The summed E-state index contributed by atoms with van der Waals surface area (Å²) in [5.74, 6) is -2.67. The minimum Gasteiger partial charge on any atom is -0.391 e. The molecular weight excluding hydrogens is 292 g/mol. The number of aliphatic hydroxyl groups excluding tert-OH is 1. The number of aliphatic hydroxyl groups is 1. The van der Waals surface area contributed by atoms with Crippen LogP contribution in [-0.4, -0.2) is 29.4 Å². The van der Waals surface area contributed by atoms with Crippen molar-refractivity contribution in [3.05, 3.63) is 35.4 Å². The van der Waals surface area contributed by atoms with Crippen molar-refractivity contribution in [3.63, 3.8) is 0 Å². The number of hydrogen-bond donors (Lipinski definition) is 2. The third-order valence-corrected chi connectivity index (χ3v) is 3.30. The third-order valence-electron chi connectivity index (χ3n) is 3.30. The lowest BCUT2D eigenvalue weighted by Gasteiger charge is -2.25. The highest BCUT2D eigenvalue weighted by atomic mass is 19.1. The zero-order chi connectivity index (χ0) is 16.9. The van der Waals surface area contributed by atoms with Gasteiger partial charge in [-0.25, -0.2) is 8.78 Å². The van der Waals surface area contributed by atoms with Gasteiger partial charge >= 0.3 is 0 Å². The van der Waals surface area contributed by atoms with Gasteiger partial charge < -0.3 is 10.4 Å². The largest absolute Gasteiger partial charge is 0.391 e. The molecule has 0 radical (unpaired) electrons. The van der Waals surface area contributed by atoms with Gasteiger partial charge in [-0.3, -0.25) is 9.59 Å².